The largest absolute Gasteiger partial charge is 0.325 e. The zero-order valence-corrected chi connectivity index (χ0v) is 16.0. The van der Waals surface area contributed by atoms with E-state index in [1.54, 1.807) is 37.3 Å². The lowest BCUT2D eigenvalue weighted by Gasteiger charge is -2.10. The summed E-state index contributed by atoms with van der Waals surface area (Å²) in [7, 11) is 0. The van der Waals surface area contributed by atoms with E-state index in [-0.39, 0.29) is 29.3 Å². The molecule has 0 radical (unpaired) electrons. The van der Waals surface area contributed by atoms with Gasteiger partial charge >= 0.3 is 0 Å². The highest BCUT2D eigenvalue weighted by Gasteiger charge is 2.31. The molecule has 0 unspecified atom stereocenters. The first kappa shape index (κ1) is 18.6. The van der Waals surface area contributed by atoms with Gasteiger partial charge in [0.2, 0.25) is 5.91 Å². The highest BCUT2D eigenvalue weighted by molar-refractivity contribution is 7.99. The molecular formula is C20H18F2N4OS. The highest BCUT2D eigenvalue weighted by Crippen LogP contribution is 2.41. The van der Waals surface area contributed by atoms with Crippen LogP contribution < -0.4 is 5.32 Å². The van der Waals surface area contributed by atoms with Gasteiger partial charge in [-0.25, -0.2) is 8.78 Å². The summed E-state index contributed by atoms with van der Waals surface area (Å²) in [4.78, 5) is 12.2. The van der Waals surface area contributed by atoms with Gasteiger partial charge in [-0.2, -0.15) is 0 Å². The number of hydrogen-bond acceptors (Lipinski definition) is 4. The van der Waals surface area contributed by atoms with Crippen molar-refractivity contribution in [3.63, 3.8) is 0 Å². The Morgan fingerprint density at radius 3 is 2.68 bits per heavy atom. The lowest BCUT2D eigenvalue weighted by molar-refractivity contribution is -0.113. The molecule has 1 heterocycles. The number of aromatic nitrogens is 3. The second-order valence-corrected chi connectivity index (χ2v) is 7.63. The summed E-state index contributed by atoms with van der Waals surface area (Å²) < 4.78 is 29.7. The van der Waals surface area contributed by atoms with Crippen molar-refractivity contribution in [2.45, 2.75) is 31.0 Å². The molecule has 0 saturated heterocycles. The Balaban J connectivity index is 1.48. The molecule has 2 aromatic carbocycles. The third-order valence-electron chi connectivity index (χ3n) is 4.48. The van der Waals surface area contributed by atoms with E-state index in [4.69, 9.17) is 0 Å². The fraction of sp³-hybridized carbons (Fsp3) is 0.250. The van der Waals surface area contributed by atoms with Crippen molar-refractivity contribution in [2.75, 3.05) is 11.1 Å². The zero-order chi connectivity index (χ0) is 19.7. The molecule has 1 aliphatic rings. The van der Waals surface area contributed by atoms with Crippen molar-refractivity contribution in [2.24, 2.45) is 0 Å². The van der Waals surface area contributed by atoms with Crippen LogP contribution in [0.4, 0.5) is 14.5 Å². The highest BCUT2D eigenvalue weighted by atomic mass is 32.2. The topological polar surface area (TPSA) is 59.8 Å². The fourth-order valence-electron chi connectivity index (χ4n) is 2.86. The van der Waals surface area contributed by atoms with Crippen LogP contribution in [-0.4, -0.2) is 26.4 Å². The van der Waals surface area contributed by atoms with Gasteiger partial charge in [-0.05, 0) is 49.6 Å². The molecule has 1 N–H and O–H groups in total. The van der Waals surface area contributed by atoms with Gasteiger partial charge in [0.25, 0.3) is 0 Å². The number of benzene rings is 2. The van der Waals surface area contributed by atoms with E-state index in [1.807, 2.05) is 4.57 Å². The Hall–Kier alpha value is -2.74. The normalized spacial score (nSPS) is 13.5. The van der Waals surface area contributed by atoms with Crippen molar-refractivity contribution < 1.29 is 13.6 Å². The molecule has 0 spiro atoms. The maximum absolute atomic E-state index is 14.2. The lowest BCUT2D eigenvalue weighted by Crippen LogP contribution is -2.15. The Morgan fingerprint density at radius 2 is 1.96 bits per heavy atom. The summed E-state index contributed by atoms with van der Waals surface area (Å²) in [5.41, 5.74) is 1.32. The summed E-state index contributed by atoms with van der Waals surface area (Å²) >= 11 is 1.23. The van der Waals surface area contributed by atoms with E-state index in [1.165, 1.54) is 23.9 Å². The van der Waals surface area contributed by atoms with Gasteiger partial charge in [0, 0.05) is 11.7 Å². The molecule has 0 aliphatic heterocycles. The quantitative estimate of drug-likeness (QED) is 0.615. The number of nitrogens with one attached hydrogen (secondary N) is 1. The Kier molecular flexibility index (Phi) is 5.13. The average molecular weight is 400 g/mol. The Bertz CT molecular complexity index is 1030. The molecule has 1 saturated carbocycles. The molecule has 0 atom stereocenters. The van der Waals surface area contributed by atoms with E-state index in [2.05, 4.69) is 15.5 Å². The van der Waals surface area contributed by atoms with E-state index < -0.39 is 0 Å². The van der Waals surface area contributed by atoms with Crippen LogP contribution in [0.3, 0.4) is 0 Å². The zero-order valence-electron chi connectivity index (χ0n) is 15.2. The summed E-state index contributed by atoms with van der Waals surface area (Å²) in [6.45, 7) is 1.66. The molecule has 28 heavy (non-hydrogen) atoms. The number of carbonyl (C=O) groups is 1. The number of nitrogens with zero attached hydrogens (tertiary/aromatic N) is 3. The second kappa shape index (κ2) is 7.71. The maximum Gasteiger partial charge on any atom is 0.234 e. The van der Waals surface area contributed by atoms with Crippen molar-refractivity contribution in [3.8, 4) is 11.4 Å². The number of aryl methyl sites for hydroxylation is 1. The second-order valence-electron chi connectivity index (χ2n) is 6.69. The number of carbonyl (C=O) groups excluding carboxylic acids is 1. The SMILES string of the molecule is Cc1ccc(NC(=O)CSc2nnc(-c3ccccc3F)n2C2CC2)cc1F. The van der Waals surface area contributed by atoms with Gasteiger partial charge in [0.05, 0.1) is 11.3 Å². The van der Waals surface area contributed by atoms with Crippen LogP contribution in [-0.2, 0) is 4.79 Å². The number of anilines is 1. The number of hydrogen-bond donors (Lipinski definition) is 1. The van der Waals surface area contributed by atoms with E-state index in [9.17, 15) is 13.6 Å². The maximum atomic E-state index is 14.2. The number of rotatable bonds is 6. The monoisotopic (exact) mass is 400 g/mol. The van der Waals surface area contributed by atoms with Crippen molar-refractivity contribution >= 4 is 23.4 Å². The van der Waals surface area contributed by atoms with Crippen LogP contribution in [0.15, 0.2) is 47.6 Å². The van der Waals surface area contributed by atoms with Gasteiger partial charge in [-0.15, -0.1) is 10.2 Å². The standard InChI is InChI=1S/C20H18F2N4OS/c1-12-6-7-13(10-17(12)22)23-18(27)11-28-20-25-24-19(26(20)14-8-9-14)15-4-2-3-5-16(15)21/h2-7,10,14H,8-9,11H2,1H3,(H,23,27). The van der Waals surface area contributed by atoms with Gasteiger partial charge in [0.15, 0.2) is 11.0 Å². The molecule has 8 heteroatoms. The van der Waals surface area contributed by atoms with Crippen LogP contribution >= 0.6 is 11.8 Å². The molecule has 144 valence electrons. The van der Waals surface area contributed by atoms with Gasteiger partial charge in [-0.1, -0.05) is 30.0 Å². The smallest absolute Gasteiger partial charge is 0.234 e. The molecule has 3 aromatic rings. The summed E-state index contributed by atoms with van der Waals surface area (Å²) in [6, 6.07) is 11.2. The molecule has 1 amide bonds. The number of amides is 1. The minimum Gasteiger partial charge on any atom is -0.325 e. The molecule has 1 fully saturated rings. The molecule has 4 rings (SSSR count). The Morgan fingerprint density at radius 1 is 1.18 bits per heavy atom. The molecule has 0 bridgehead atoms. The first-order chi connectivity index (χ1) is 13.5. The third kappa shape index (κ3) is 3.91. The van der Waals surface area contributed by atoms with Gasteiger partial charge in [0.1, 0.15) is 11.6 Å². The number of thioether (sulfide) groups is 1. The number of halogens is 2. The molecule has 1 aromatic heterocycles. The summed E-state index contributed by atoms with van der Waals surface area (Å²) in [6.07, 6.45) is 1.95. The minimum atomic E-state index is -0.367. The fourth-order valence-corrected chi connectivity index (χ4v) is 3.67. The minimum absolute atomic E-state index is 0.0949. The van der Waals surface area contributed by atoms with Crippen molar-refractivity contribution in [1.82, 2.24) is 14.8 Å². The summed E-state index contributed by atoms with van der Waals surface area (Å²) in [5, 5.41) is 11.6. The Labute approximate surface area is 165 Å². The van der Waals surface area contributed by atoms with Gasteiger partial charge in [-0.3, -0.25) is 9.36 Å². The van der Waals surface area contributed by atoms with Crippen LogP contribution in [0, 0.1) is 18.6 Å². The van der Waals surface area contributed by atoms with E-state index in [0.717, 1.165) is 12.8 Å². The summed E-state index contributed by atoms with van der Waals surface area (Å²) in [5.74, 6) is -0.423. The van der Waals surface area contributed by atoms with Crippen LogP contribution in [0.5, 0.6) is 0 Å². The predicted molar refractivity (Wildman–Crippen MR) is 104 cm³/mol. The van der Waals surface area contributed by atoms with Crippen LogP contribution in [0.2, 0.25) is 0 Å². The first-order valence-corrected chi connectivity index (χ1v) is 9.90. The predicted octanol–water partition coefficient (Wildman–Crippen LogP) is 4.60. The average Bonchev–Trinajstić information content (AvgIpc) is 3.43. The van der Waals surface area contributed by atoms with E-state index >= 15 is 0 Å². The first-order valence-electron chi connectivity index (χ1n) is 8.91. The third-order valence-corrected chi connectivity index (χ3v) is 5.42. The molecular weight excluding hydrogens is 382 g/mol. The van der Waals surface area contributed by atoms with Gasteiger partial charge < -0.3 is 5.32 Å². The van der Waals surface area contributed by atoms with Crippen LogP contribution in [0.25, 0.3) is 11.4 Å². The van der Waals surface area contributed by atoms with Crippen LogP contribution in [0.1, 0.15) is 24.4 Å². The molecule has 1 aliphatic carbocycles. The van der Waals surface area contributed by atoms with Crippen molar-refractivity contribution in [3.05, 3.63) is 59.7 Å². The van der Waals surface area contributed by atoms with Crippen molar-refractivity contribution in [1.29, 1.82) is 0 Å². The van der Waals surface area contributed by atoms with E-state index in [0.29, 0.717) is 27.8 Å². The lowest BCUT2D eigenvalue weighted by atomic mass is 10.2. The molecule has 5 nitrogen and oxygen atoms in total.